The number of nitrogens with zero attached hydrogens (tertiary/aromatic N) is 3. The molecule has 6 nitrogen and oxygen atoms in total. The number of rotatable bonds is 4. The van der Waals surface area contributed by atoms with Gasteiger partial charge in [0.1, 0.15) is 0 Å². The third kappa shape index (κ3) is 3.40. The van der Waals surface area contributed by atoms with Gasteiger partial charge >= 0.3 is 0 Å². The number of carbonyl (C=O) groups is 2. The van der Waals surface area contributed by atoms with Crippen molar-refractivity contribution in [2.45, 2.75) is 19.3 Å². The van der Waals surface area contributed by atoms with Gasteiger partial charge < -0.3 is 15.1 Å². The fraction of sp³-hybridized carbons (Fsp3) is 0.350. The molecule has 2 aliphatic rings. The predicted octanol–water partition coefficient (Wildman–Crippen LogP) is 2.67. The Morgan fingerprint density at radius 3 is 2.50 bits per heavy atom. The zero-order chi connectivity index (χ0) is 17.9. The van der Waals surface area contributed by atoms with Crippen molar-refractivity contribution in [3.8, 4) is 0 Å². The van der Waals surface area contributed by atoms with Crippen molar-refractivity contribution in [1.82, 2.24) is 4.98 Å². The van der Waals surface area contributed by atoms with Crippen LogP contribution in [-0.4, -0.2) is 36.4 Å². The summed E-state index contributed by atoms with van der Waals surface area (Å²) in [6.07, 6.45) is 5.96. The number of carbonyl (C=O) groups excluding carboxylic acids is 2. The number of nitrogens with one attached hydrogen (secondary N) is 1. The number of hydrogen-bond acceptors (Lipinski definition) is 4. The zero-order valence-electron chi connectivity index (χ0n) is 14.6. The molecule has 3 heterocycles. The molecule has 0 spiro atoms. The van der Waals surface area contributed by atoms with Crippen molar-refractivity contribution >= 4 is 28.9 Å². The molecule has 134 valence electrons. The zero-order valence-corrected chi connectivity index (χ0v) is 14.6. The molecule has 0 bridgehead atoms. The minimum Gasteiger partial charge on any atom is -0.372 e. The summed E-state index contributed by atoms with van der Waals surface area (Å²) in [7, 11) is 0. The molecule has 2 aromatic rings. The Morgan fingerprint density at radius 1 is 1.08 bits per heavy atom. The van der Waals surface area contributed by atoms with Gasteiger partial charge in [0.25, 0.3) is 0 Å². The topological polar surface area (TPSA) is 65.5 Å². The fourth-order valence-corrected chi connectivity index (χ4v) is 3.63. The molecule has 2 saturated heterocycles. The molecule has 6 heteroatoms. The van der Waals surface area contributed by atoms with Crippen LogP contribution in [0.5, 0.6) is 0 Å². The van der Waals surface area contributed by atoms with Gasteiger partial charge in [0.05, 0.1) is 17.8 Å². The van der Waals surface area contributed by atoms with Gasteiger partial charge in [0.2, 0.25) is 11.8 Å². The maximum Gasteiger partial charge on any atom is 0.229 e. The van der Waals surface area contributed by atoms with Crippen molar-refractivity contribution in [2.75, 3.05) is 34.8 Å². The molecular formula is C20H22N4O2. The highest BCUT2D eigenvalue weighted by Gasteiger charge is 2.35. The normalized spacial score (nSPS) is 19.8. The number of anilines is 3. The first-order valence-electron chi connectivity index (χ1n) is 9.07. The lowest BCUT2D eigenvalue weighted by Gasteiger charge is -2.20. The van der Waals surface area contributed by atoms with Crippen LogP contribution in [0.15, 0.2) is 48.8 Å². The smallest absolute Gasteiger partial charge is 0.229 e. The Hall–Kier alpha value is -2.89. The molecule has 1 atom stereocenters. The standard InChI is InChI=1S/C20H22N4O2/c25-19-12-15(20(26)22-16-4-3-9-21-13-16)14-24(19)18-7-5-17(6-8-18)23-10-1-2-11-23/h3-9,13,15H,1-2,10-12,14H2,(H,22,26). The largest absolute Gasteiger partial charge is 0.372 e. The second kappa shape index (κ2) is 7.15. The van der Waals surface area contributed by atoms with Crippen LogP contribution in [0.2, 0.25) is 0 Å². The van der Waals surface area contributed by atoms with Crippen molar-refractivity contribution in [3.05, 3.63) is 48.8 Å². The first-order valence-corrected chi connectivity index (χ1v) is 9.07. The highest BCUT2D eigenvalue weighted by Crippen LogP contribution is 2.29. The first kappa shape index (κ1) is 16.6. The summed E-state index contributed by atoms with van der Waals surface area (Å²) < 4.78 is 0. The highest BCUT2D eigenvalue weighted by atomic mass is 16.2. The van der Waals surface area contributed by atoms with Crippen LogP contribution in [0.1, 0.15) is 19.3 Å². The minimum atomic E-state index is -0.346. The van der Waals surface area contributed by atoms with Crippen LogP contribution >= 0.6 is 0 Å². The van der Waals surface area contributed by atoms with E-state index in [2.05, 4.69) is 27.3 Å². The van der Waals surface area contributed by atoms with E-state index in [9.17, 15) is 9.59 Å². The van der Waals surface area contributed by atoms with E-state index >= 15 is 0 Å². The average Bonchev–Trinajstić information content (AvgIpc) is 3.33. The summed E-state index contributed by atoms with van der Waals surface area (Å²) in [5, 5.41) is 2.84. The van der Waals surface area contributed by atoms with Crippen molar-refractivity contribution in [2.24, 2.45) is 5.92 Å². The van der Waals surface area contributed by atoms with Crippen molar-refractivity contribution in [1.29, 1.82) is 0 Å². The van der Waals surface area contributed by atoms with Crippen LogP contribution < -0.4 is 15.1 Å². The summed E-state index contributed by atoms with van der Waals surface area (Å²) in [4.78, 5) is 32.9. The molecule has 1 aromatic carbocycles. The second-order valence-electron chi connectivity index (χ2n) is 6.85. The molecule has 26 heavy (non-hydrogen) atoms. The summed E-state index contributed by atoms with van der Waals surface area (Å²) in [6.45, 7) is 2.60. The van der Waals surface area contributed by atoms with E-state index < -0.39 is 0 Å². The number of aromatic nitrogens is 1. The van der Waals surface area contributed by atoms with Crippen molar-refractivity contribution in [3.63, 3.8) is 0 Å². The van der Waals surface area contributed by atoms with E-state index in [0.717, 1.165) is 18.8 Å². The summed E-state index contributed by atoms with van der Waals surface area (Å²) in [5.74, 6) is -0.492. The molecular weight excluding hydrogens is 328 g/mol. The lowest BCUT2D eigenvalue weighted by molar-refractivity contribution is -0.122. The van der Waals surface area contributed by atoms with Gasteiger partial charge in [-0.3, -0.25) is 14.6 Å². The Labute approximate surface area is 152 Å². The Kier molecular flexibility index (Phi) is 4.56. The van der Waals surface area contributed by atoms with Gasteiger partial charge in [-0.15, -0.1) is 0 Å². The Bertz CT molecular complexity index is 785. The van der Waals surface area contributed by atoms with E-state index in [4.69, 9.17) is 0 Å². The van der Waals surface area contributed by atoms with Gasteiger partial charge in [-0.2, -0.15) is 0 Å². The van der Waals surface area contributed by atoms with Gasteiger partial charge in [-0.25, -0.2) is 0 Å². The van der Waals surface area contributed by atoms with Crippen LogP contribution in [0.3, 0.4) is 0 Å². The molecule has 2 fully saturated rings. The van der Waals surface area contributed by atoms with E-state index in [0.29, 0.717) is 12.2 Å². The summed E-state index contributed by atoms with van der Waals surface area (Å²) >= 11 is 0. The molecule has 0 saturated carbocycles. The van der Waals surface area contributed by atoms with Gasteiger partial charge in [0.15, 0.2) is 0 Å². The number of benzene rings is 1. The van der Waals surface area contributed by atoms with Crippen LogP contribution in [-0.2, 0) is 9.59 Å². The van der Waals surface area contributed by atoms with E-state index in [1.54, 1.807) is 29.4 Å². The average molecular weight is 350 g/mol. The molecule has 2 amide bonds. The van der Waals surface area contributed by atoms with Crippen LogP contribution in [0.25, 0.3) is 0 Å². The summed E-state index contributed by atoms with van der Waals surface area (Å²) in [6, 6.07) is 11.6. The minimum absolute atomic E-state index is 0.00902. The predicted molar refractivity (Wildman–Crippen MR) is 101 cm³/mol. The lowest BCUT2D eigenvalue weighted by atomic mass is 10.1. The molecule has 4 rings (SSSR count). The first-order chi connectivity index (χ1) is 12.7. The molecule has 0 radical (unpaired) electrons. The van der Waals surface area contributed by atoms with Crippen molar-refractivity contribution < 1.29 is 9.59 Å². The second-order valence-corrected chi connectivity index (χ2v) is 6.85. The van der Waals surface area contributed by atoms with Crippen LogP contribution in [0, 0.1) is 5.92 Å². The van der Waals surface area contributed by atoms with Gasteiger partial charge in [-0.05, 0) is 49.2 Å². The Balaban J connectivity index is 1.41. The number of pyridine rings is 1. The number of amides is 2. The third-order valence-corrected chi connectivity index (χ3v) is 5.06. The SMILES string of the molecule is O=C(Nc1cccnc1)C1CC(=O)N(c2ccc(N3CCCC3)cc2)C1. The summed E-state index contributed by atoms with van der Waals surface area (Å²) in [5.41, 5.74) is 2.71. The molecule has 1 N–H and O–H groups in total. The Morgan fingerprint density at radius 2 is 1.81 bits per heavy atom. The number of hydrogen-bond donors (Lipinski definition) is 1. The lowest BCUT2D eigenvalue weighted by Crippen LogP contribution is -2.28. The van der Waals surface area contributed by atoms with E-state index in [1.165, 1.54) is 18.5 Å². The molecule has 0 aliphatic carbocycles. The maximum absolute atomic E-state index is 12.4. The quantitative estimate of drug-likeness (QED) is 0.921. The fourth-order valence-electron chi connectivity index (χ4n) is 3.63. The van der Waals surface area contributed by atoms with Gasteiger partial charge in [0, 0.05) is 43.6 Å². The highest BCUT2D eigenvalue weighted by molar-refractivity contribution is 6.03. The third-order valence-electron chi connectivity index (χ3n) is 5.06. The van der Waals surface area contributed by atoms with E-state index in [1.807, 2.05) is 12.1 Å². The van der Waals surface area contributed by atoms with E-state index in [-0.39, 0.29) is 24.2 Å². The molecule has 1 unspecified atom stereocenters. The monoisotopic (exact) mass is 350 g/mol. The van der Waals surface area contributed by atoms with Crippen LogP contribution in [0.4, 0.5) is 17.1 Å². The molecule has 2 aliphatic heterocycles. The van der Waals surface area contributed by atoms with Gasteiger partial charge in [-0.1, -0.05) is 0 Å². The molecule has 1 aromatic heterocycles. The maximum atomic E-state index is 12.4.